The summed E-state index contributed by atoms with van der Waals surface area (Å²) in [5, 5.41) is 12.9. The first-order valence-corrected chi connectivity index (χ1v) is 9.71. The van der Waals surface area contributed by atoms with Crippen molar-refractivity contribution in [2.45, 2.75) is 63.5 Å². The molecule has 1 aromatic heterocycles. The van der Waals surface area contributed by atoms with Gasteiger partial charge in [0.2, 0.25) is 5.82 Å². The van der Waals surface area contributed by atoms with Crippen LogP contribution in [0.5, 0.6) is 0 Å². The normalized spacial score (nSPS) is 21.3. The molecule has 4 rings (SSSR count). The molecule has 1 N–H and O–H groups in total. The molecule has 1 aromatic carbocycles. The van der Waals surface area contributed by atoms with Gasteiger partial charge in [0.15, 0.2) is 6.04 Å². The summed E-state index contributed by atoms with van der Waals surface area (Å²) in [6.45, 7) is 2.25. The molecular weight excluding hydrogens is 317 g/mol. The third kappa shape index (κ3) is 3.59. The molecule has 1 aliphatic carbocycles. The summed E-state index contributed by atoms with van der Waals surface area (Å²) in [5.41, 5.74) is 1.12. The molecule has 1 aliphatic heterocycles. The molecule has 2 heterocycles. The van der Waals surface area contributed by atoms with Crippen LogP contribution in [0, 0.1) is 5.82 Å². The molecule has 0 bridgehead atoms. The van der Waals surface area contributed by atoms with Crippen molar-refractivity contribution in [2.75, 3.05) is 13.1 Å². The quantitative estimate of drug-likeness (QED) is 0.927. The number of likely N-dealkylation sites (tertiary alicyclic amines) is 1. The van der Waals surface area contributed by atoms with Gasteiger partial charge in [0.05, 0.1) is 19.1 Å². The van der Waals surface area contributed by atoms with Crippen molar-refractivity contribution in [3.8, 4) is 0 Å². The SMILES string of the molecule is Fc1ccc([C@H](c2nnnn2C2CCCCC2)[NH+]2CCCCC2)cc1. The maximum Gasteiger partial charge on any atom is 0.214 e. The first-order chi connectivity index (χ1) is 12.3. The Morgan fingerprint density at radius 1 is 0.960 bits per heavy atom. The number of quaternary nitrogens is 1. The van der Waals surface area contributed by atoms with Crippen LogP contribution in [0.25, 0.3) is 0 Å². The van der Waals surface area contributed by atoms with Crippen molar-refractivity contribution in [3.05, 3.63) is 41.5 Å². The number of piperidine rings is 1. The van der Waals surface area contributed by atoms with Gasteiger partial charge in [-0.2, -0.15) is 0 Å². The number of benzene rings is 1. The first kappa shape index (κ1) is 16.6. The zero-order valence-corrected chi connectivity index (χ0v) is 14.7. The van der Waals surface area contributed by atoms with E-state index in [1.807, 2.05) is 12.1 Å². The summed E-state index contributed by atoms with van der Waals surface area (Å²) in [6, 6.07) is 7.42. The zero-order chi connectivity index (χ0) is 17.1. The second kappa shape index (κ2) is 7.60. The topological polar surface area (TPSA) is 48.0 Å². The van der Waals surface area contributed by atoms with E-state index >= 15 is 0 Å². The highest BCUT2D eigenvalue weighted by Crippen LogP contribution is 2.30. The number of nitrogens with zero attached hydrogens (tertiary/aromatic N) is 4. The minimum atomic E-state index is -0.192. The van der Waals surface area contributed by atoms with Crippen molar-refractivity contribution in [2.24, 2.45) is 0 Å². The Bertz CT molecular complexity index is 671. The van der Waals surface area contributed by atoms with Gasteiger partial charge in [-0.25, -0.2) is 9.07 Å². The largest absolute Gasteiger partial charge is 0.322 e. The number of aromatic nitrogens is 4. The molecule has 2 aliphatic rings. The summed E-state index contributed by atoms with van der Waals surface area (Å²) in [4.78, 5) is 1.50. The maximum atomic E-state index is 13.5. The van der Waals surface area contributed by atoms with Gasteiger partial charge in [-0.3, -0.25) is 0 Å². The van der Waals surface area contributed by atoms with Gasteiger partial charge in [-0.1, -0.05) is 19.3 Å². The number of tetrazole rings is 1. The summed E-state index contributed by atoms with van der Waals surface area (Å²) in [7, 11) is 0. The molecule has 25 heavy (non-hydrogen) atoms. The predicted molar refractivity (Wildman–Crippen MR) is 92.7 cm³/mol. The molecule has 2 fully saturated rings. The third-order valence-electron chi connectivity index (χ3n) is 5.80. The fourth-order valence-electron chi connectivity index (χ4n) is 4.49. The van der Waals surface area contributed by atoms with Gasteiger partial charge in [-0.05, 0) is 66.8 Å². The lowest BCUT2D eigenvalue weighted by Crippen LogP contribution is -3.13. The molecule has 2 aromatic rings. The van der Waals surface area contributed by atoms with Crippen LogP contribution in [0.15, 0.2) is 24.3 Å². The van der Waals surface area contributed by atoms with E-state index in [-0.39, 0.29) is 11.9 Å². The highest BCUT2D eigenvalue weighted by molar-refractivity contribution is 5.23. The predicted octanol–water partition coefficient (Wildman–Crippen LogP) is 2.48. The van der Waals surface area contributed by atoms with Crippen molar-refractivity contribution in [1.29, 1.82) is 0 Å². The van der Waals surface area contributed by atoms with Crippen LogP contribution in [-0.2, 0) is 0 Å². The van der Waals surface area contributed by atoms with E-state index < -0.39 is 0 Å². The highest BCUT2D eigenvalue weighted by Gasteiger charge is 2.34. The molecule has 134 valence electrons. The first-order valence-electron chi connectivity index (χ1n) is 9.71. The van der Waals surface area contributed by atoms with Crippen LogP contribution < -0.4 is 4.90 Å². The van der Waals surface area contributed by atoms with Crippen molar-refractivity contribution >= 4 is 0 Å². The molecule has 6 heteroatoms. The number of nitrogens with one attached hydrogen (secondary N) is 1. The van der Waals surface area contributed by atoms with E-state index in [9.17, 15) is 4.39 Å². The molecule has 1 atom stereocenters. The monoisotopic (exact) mass is 344 g/mol. The molecule has 0 amide bonds. The highest BCUT2D eigenvalue weighted by atomic mass is 19.1. The number of hydrogen-bond donors (Lipinski definition) is 1. The van der Waals surface area contributed by atoms with Gasteiger partial charge in [0.25, 0.3) is 0 Å². The fraction of sp³-hybridized carbons (Fsp3) is 0.632. The average Bonchev–Trinajstić information content (AvgIpc) is 3.14. The number of halogens is 1. The second-order valence-corrected chi connectivity index (χ2v) is 7.48. The molecule has 0 radical (unpaired) electrons. The van der Waals surface area contributed by atoms with Crippen LogP contribution in [0.2, 0.25) is 0 Å². The van der Waals surface area contributed by atoms with Gasteiger partial charge >= 0.3 is 0 Å². The van der Waals surface area contributed by atoms with Crippen LogP contribution in [-0.4, -0.2) is 33.3 Å². The minimum Gasteiger partial charge on any atom is -0.322 e. The molecule has 0 spiro atoms. The smallest absolute Gasteiger partial charge is 0.214 e. The molecule has 5 nitrogen and oxygen atoms in total. The van der Waals surface area contributed by atoms with Crippen LogP contribution in [0.3, 0.4) is 0 Å². The van der Waals surface area contributed by atoms with Crippen molar-refractivity contribution < 1.29 is 9.29 Å². The summed E-state index contributed by atoms with van der Waals surface area (Å²) < 4.78 is 15.5. The van der Waals surface area contributed by atoms with Crippen molar-refractivity contribution in [1.82, 2.24) is 20.2 Å². The van der Waals surface area contributed by atoms with Gasteiger partial charge < -0.3 is 4.90 Å². The van der Waals surface area contributed by atoms with Crippen molar-refractivity contribution in [3.63, 3.8) is 0 Å². The van der Waals surface area contributed by atoms with E-state index in [1.54, 1.807) is 12.1 Å². The number of hydrogen-bond acceptors (Lipinski definition) is 3. The zero-order valence-electron chi connectivity index (χ0n) is 14.7. The Morgan fingerprint density at radius 2 is 1.64 bits per heavy atom. The van der Waals surface area contributed by atoms with Gasteiger partial charge in [0, 0.05) is 5.56 Å². The van der Waals surface area contributed by atoms with Gasteiger partial charge in [-0.15, -0.1) is 5.10 Å². The van der Waals surface area contributed by atoms with E-state index in [2.05, 4.69) is 20.2 Å². The Morgan fingerprint density at radius 3 is 2.36 bits per heavy atom. The van der Waals surface area contributed by atoms with Crippen LogP contribution >= 0.6 is 0 Å². The standard InChI is InChI=1S/C19H26FN5/c20-16-11-9-15(10-12-16)18(24-13-5-2-6-14-24)19-21-22-23-25(19)17-7-3-1-4-8-17/h9-12,17-18H,1-8,13-14H2/p+1/t18-/m1/s1. The molecule has 1 saturated carbocycles. The molecule has 0 unspecified atom stereocenters. The molecular formula is C19H27FN5+. The lowest BCUT2D eigenvalue weighted by molar-refractivity contribution is -0.931. The maximum absolute atomic E-state index is 13.5. The number of rotatable bonds is 4. The lowest BCUT2D eigenvalue weighted by atomic mass is 9.94. The van der Waals surface area contributed by atoms with E-state index in [1.165, 1.54) is 43.4 Å². The van der Waals surface area contributed by atoms with E-state index in [0.717, 1.165) is 37.3 Å². The lowest BCUT2D eigenvalue weighted by Gasteiger charge is -2.32. The fourth-order valence-corrected chi connectivity index (χ4v) is 4.49. The Kier molecular flexibility index (Phi) is 5.06. The second-order valence-electron chi connectivity index (χ2n) is 7.48. The Labute approximate surface area is 148 Å². The third-order valence-corrected chi connectivity index (χ3v) is 5.80. The van der Waals surface area contributed by atoms with Crippen LogP contribution in [0.1, 0.15) is 74.8 Å². The summed E-state index contributed by atoms with van der Waals surface area (Å²) in [5.74, 6) is 0.762. The van der Waals surface area contributed by atoms with E-state index in [0.29, 0.717) is 6.04 Å². The van der Waals surface area contributed by atoms with Crippen LogP contribution in [0.4, 0.5) is 4.39 Å². The Balaban J connectivity index is 1.70. The summed E-state index contributed by atoms with van der Waals surface area (Å²) in [6.07, 6.45) is 9.90. The van der Waals surface area contributed by atoms with Gasteiger partial charge in [0.1, 0.15) is 5.82 Å². The summed E-state index contributed by atoms with van der Waals surface area (Å²) >= 11 is 0. The average molecular weight is 344 g/mol. The minimum absolute atomic E-state index is 0.0952. The Hall–Kier alpha value is -1.82. The van der Waals surface area contributed by atoms with E-state index in [4.69, 9.17) is 0 Å². The molecule has 1 saturated heterocycles.